The molecule has 1 rings (SSSR count). The summed E-state index contributed by atoms with van der Waals surface area (Å²) in [6, 6.07) is 0.439. The van der Waals surface area contributed by atoms with Gasteiger partial charge in [-0.3, -0.25) is 0 Å². The Balaban J connectivity index is 2.00. The number of rotatable bonds is 3. The van der Waals surface area contributed by atoms with Crippen LogP contribution in [0.3, 0.4) is 0 Å². The van der Waals surface area contributed by atoms with Crippen molar-refractivity contribution >= 4 is 17.3 Å². The van der Waals surface area contributed by atoms with Crippen molar-refractivity contribution in [1.82, 2.24) is 10.6 Å². The molecule has 0 amide bonds. The van der Waals surface area contributed by atoms with Crippen LogP contribution in [-0.2, 0) is 0 Å². The van der Waals surface area contributed by atoms with Gasteiger partial charge < -0.3 is 10.6 Å². The van der Waals surface area contributed by atoms with Crippen LogP contribution in [-0.4, -0.2) is 17.7 Å². The van der Waals surface area contributed by atoms with Crippen molar-refractivity contribution in [3.8, 4) is 0 Å². The Morgan fingerprint density at radius 2 is 2.18 bits per heavy atom. The molecular weight excluding hydrogens is 156 g/mol. The average molecular weight is 172 g/mol. The summed E-state index contributed by atoms with van der Waals surface area (Å²) in [4.78, 5) is 0. The van der Waals surface area contributed by atoms with Crippen LogP contribution in [0.25, 0.3) is 0 Å². The first kappa shape index (κ1) is 8.78. The van der Waals surface area contributed by atoms with Gasteiger partial charge >= 0.3 is 0 Å². The van der Waals surface area contributed by atoms with Crippen molar-refractivity contribution in [3.05, 3.63) is 0 Å². The molecule has 1 aliphatic rings. The van der Waals surface area contributed by atoms with E-state index in [-0.39, 0.29) is 0 Å². The lowest BCUT2D eigenvalue weighted by Gasteiger charge is -2.12. The molecule has 0 aliphatic heterocycles. The third-order valence-corrected chi connectivity index (χ3v) is 1.93. The van der Waals surface area contributed by atoms with E-state index in [1.165, 1.54) is 12.8 Å². The quantitative estimate of drug-likeness (QED) is 0.627. The molecule has 0 heterocycles. The van der Waals surface area contributed by atoms with E-state index in [1.807, 2.05) is 0 Å². The summed E-state index contributed by atoms with van der Waals surface area (Å²) in [5.41, 5.74) is 0. The fourth-order valence-corrected chi connectivity index (χ4v) is 1.19. The average Bonchev–Trinajstić information content (AvgIpc) is 2.63. The first-order chi connectivity index (χ1) is 5.18. The van der Waals surface area contributed by atoms with Gasteiger partial charge in [0.2, 0.25) is 0 Å². The van der Waals surface area contributed by atoms with Gasteiger partial charge in [-0.05, 0) is 44.8 Å². The molecule has 0 aromatic carbocycles. The second-order valence-electron chi connectivity index (χ2n) is 3.45. The first-order valence-corrected chi connectivity index (χ1v) is 4.63. The Morgan fingerprint density at radius 3 is 2.64 bits per heavy atom. The van der Waals surface area contributed by atoms with Gasteiger partial charge in [0, 0.05) is 12.6 Å². The molecule has 1 saturated carbocycles. The molecule has 0 atom stereocenters. The molecule has 0 saturated heterocycles. The smallest absolute Gasteiger partial charge is 0.166 e. The molecule has 0 spiro atoms. The zero-order valence-electron chi connectivity index (χ0n) is 7.18. The Hall–Kier alpha value is -0.310. The zero-order valence-corrected chi connectivity index (χ0v) is 8.00. The highest BCUT2D eigenvalue weighted by Gasteiger charge is 2.20. The van der Waals surface area contributed by atoms with E-state index in [0.717, 1.165) is 17.6 Å². The Kier molecular flexibility index (Phi) is 3.12. The molecule has 0 radical (unpaired) electrons. The maximum absolute atomic E-state index is 5.05. The summed E-state index contributed by atoms with van der Waals surface area (Å²) < 4.78 is 0. The molecule has 3 heteroatoms. The van der Waals surface area contributed by atoms with E-state index in [1.54, 1.807) is 0 Å². The van der Waals surface area contributed by atoms with Gasteiger partial charge in [0.1, 0.15) is 0 Å². The highest BCUT2D eigenvalue weighted by atomic mass is 32.1. The summed E-state index contributed by atoms with van der Waals surface area (Å²) in [6.45, 7) is 5.23. The maximum atomic E-state index is 5.05. The van der Waals surface area contributed by atoms with Crippen LogP contribution in [0.1, 0.15) is 26.7 Å². The normalized spacial score (nSPS) is 16.6. The lowest BCUT2D eigenvalue weighted by molar-refractivity contribution is 0.694. The highest BCUT2D eigenvalue weighted by Crippen LogP contribution is 2.27. The van der Waals surface area contributed by atoms with Gasteiger partial charge in [-0.2, -0.15) is 0 Å². The number of thiocarbonyl (C=S) groups is 1. The topological polar surface area (TPSA) is 24.1 Å². The van der Waals surface area contributed by atoms with Crippen LogP contribution in [0.2, 0.25) is 0 Å². The highest BCUT2D eigenvalue weighted by molar-refractivity contribution is 7.80. The molecule has 1 aliphatic carbocycles. The summed E-state index contributed by atoms with van der Waals surface area (Å²) in [6.07, 6.45) is 2.74. The van der Waals surface area contributed by atoms with Crippen LogP contribution in [0, 0.1) is 5.92 Å². The largest absolute Gasteiger partial charge is 0.362 e. The van der Waals surface area contributed by atoms with Crippen LogP contribution < -0.4 is 10.6 Å². The summed E-state index contributed by atoms with van der Waals surface area (Å²) in [5.74, 6) is 0.891. The zero-order chi connectivity index (χ0) is 8.27. The number of nitrogens with one attached hydrogen (secondary N) is 2. The van der Waals surface area contributed by atoms with Crippen molar-refractivity contribution in [2.75, 3.05) is 6.54 Å². The third kappa shape index (κ3) is 4.19. The van der Waals surface area contributed by atoms with Crippen molar-refractivity contribution in [2.45, 2.75) is 32.7 Å². The summed E-state index contributed by atoms with van der Waals surface area (Å²) in [5, 5.41) is 7.14. The van der Waals surface area contributed by atoms with E-state index in [9.17, 15) is 0 Å². The molecule has 11 heavy (non-hydrogen) atoms. The molecule has 2 N–H and O–H groups in total. The van der Waals surface area contributed by atoms with E-state index in [0.29, 0.717) is 6.04 Å². The summed E-state index contributed by atoms with van der Waals surface area (Å²) >= 11 is 5.05. The van der Waals surface area contributed by atoms with Crippen molar-refractivity contribution in [3.63, 3.8) is 0 Å². The Morgan fingerprint density at radius 1 is 1.55 bits per heavy atom. The van der Waals surface area contributed by atoms with Gasteiger partial charge in [0.15, 0.2) is 5.11 Å². The van der Waals surface area contributed by atoms with Gasteiger partial charge in [0.25, 0.3) is 0 Å². The van der Waals surface area contributed by atoms with Gasteiger partial charge in [-0.15, -0.1) is 0 Å². The second kappa shape index (κ2) is 3.90. The van der Waals surface area contributed by atoms with E-state index < -0.39 is 0 Å². The second-order valence-corrected chi connectivity index (χ2v) is 3.86. The predicted octanol–water partition coefficient (Wildman–Crippen LogP) is 1.27. The minimum absolute atomic E-state index is 0.439. The molecule has 1 fully saturated rings. The molecular formula is C8H16N2S. The van der Waals surface area contributed by atoms with Crippen molar-refractivity contribution in [1.29, 1.82) is 0 Å². The van der Waals surface area contributed by atoms with Crippen LogP contribution in [0.4, 0.5) is 0 Å². The van der Waals surface area contributed by atoms with E-state index in [2.05, 4.69) is 24.5 Å². The van der Waals surface area contributed by atoms with Crippen LogP contribution in [0.5, 0.6) is 0 Å². The minimum Gasteiger partial charge on any atom is -0.362 e. The third-order valence-electron chi connectivity index (χ3n) is 1.67. The fourth-order valence-electron chi connectivity index (χ4n) is 0.872. The van der Waals surface area contributed by atoms with E-state index in [4.69, 9.17) is 12.2 Å². The van der Waals surface area contributed by atoms with Crippen molar-refractivity contribution in [2.24, 2.45) is 5.92 Å². The Bertz CT molecular complexity index is 141. The predicted molar refractivity (Wildman–Crippen MR) is 51.6 cm³/mol. The van der Waals surface area contributed by atoms with Gasteiger partial charge in [0.05, 0.1) is 0 Å². The number of hydrogen-bond acceptors (Lipinski definition) is 1. The lowest BCUT2D eigenvalue weighted by atomic mass is 10.4. The molecule has 0 bridgehead atoms. The molecule has 2 nitrogen and oxygen atoms in total. The maximum Gasteiger partial charge on any atom is 0.166 e. The summed E-state index contributed by atoms with van der Waals surface area (Å²) in [7, 11) is 0. The molecule has 64 valence electrons. The molecule has 0 unspecified atom stereocenters. The molecule has 0 aromatic rings. The standard InChI is InChI=1S/C8H16N2S/c1-6(2)10-8(11)9-5-7-3-4-7/h6-7H,3-5H2,1-2H3,(H2,9,10,11). The SMILES string of the molecule is CC(C)NC(=S)NCC1CC1. The number of hydrogen-bond donors (Lipinski definition) is 2. The van der Waals surface area contributed by atoms with Crippen molar-refractivity contribution < 1.29 is 0 Å². The monoisotopic (exact) mass is 172 g/mol. The minimum atomic E-state index is 0.439. The van der Waals surface area contributed by atoms with Gasteiger partial charge in [-0.1, -0.05) is 0 Å². The van der Waals surface area contributed by atoms with E-state index >= 15 is 0 Å². The van der Waals surface area contributed by atoms with Crippen LogP contribution >= 0.6 is 12.2 Å². The first-order valence-electron chi connectivity index (χ1n) is 4.23. The molecule has 0 aromatic heterocycles. The van der Waals surface area contributed by atoms with Crippen LogP contribution in [0.15, 0.2) is 0 Å². The fraction of sp³-hybridized carbons (Fsp3) is 0.875. The van der Waals surface area contributed by atoms with Gasteiger partial charge in [-0.25, -0.2) is 0 Å². The lowest BCUT2D eigenvalue weighted by Crippen LogP contribution is -2.39. The Labute approximate surface area is 73.7 Å².